The first kappa shape index (κ1) is 23.5. The van der Waals surface area contributed by atoms with Crippen molar-refractivity contribution in [1.29, 1.82) is 0 Å². The Morgan fingerprint density at radius 2 is 1.88 bits per heavy atom. The van der Waals surface area contributed by atoms with Crippen LogP contribution >= 0.6 is 0 Å². The molecule has 3 aromatic rings. The lowest BCUT2D eigenvalue weighted by Crippen LogP contribution is -2.45. The summed E-state index contributed by atoms with van der Waals surface area (Å²) in [5.41, 5.74) is 8.03. The van der Waals surface area contributed by atoms with Gasteiger partial charge in [0, 0.05) is 31.9 Å². The fourth-order valence-corrected chi connectivity index (χ4v) is 4.39. The van der Waals surface area contributed by atoms with Gasteiger partial charge in [-0.3, -0.25) is 4.79 Å². The number of piperidine rings is 1. The third-order valence-electron chi connectivity index (χ3n) is 6.35. The number of aryl methyl sites for hydroxylation is 1. The third-order valence-corrected chi connectivity index (χ3v) is 6.35. The Bertz CT molecular complexity index is 1170. The third kappa shape index (κ3) is 4.80. The minimum atomic E-state index is -0.416. The number of urea groups is 1. The number of carbonyl (C=O) groups excluding carboxylic acids is 2. The quantitative estimate of drug-likeness (QED) is 0.492. The van der Waals surface area contributed by atoms with Gasteiger partial charge in [-0.25, -0.2) is 18.9 Å². The number of nitrogens with one attached hydrogen (secondary N) is 2. The van der Waals surface area contributed by atoms with Crippen LogP contribution in [0.1, 0.15) is 55.1 Å². The molecule has 3 amide bonds. The molecule has 0 radical (unpaired) electrons. The molecule has 34 heavy (non-hydrogen) atoms. The average Bonchev–Trinajstić information content (AvgIpc) is 3.27. The van der Waals surface area contributed by atoms with E-state index in [0.717, 1.165) is 10.9 Å². The van der Waals surface area contributed by atoms with Gasteiger partial charge in [-0.2, -0.15) is 5.10 Å². The number of benzene rings is 1. The lowest BCUT2D eigenvalue weighted by Gasteiger charge is -2.32. The van der Waals surface area contributed by atoms with E-state index in [4.69, 9.17) is 5.73 Å². The van der Waals surface area contributed by atoms with Crippen molar-refractivity contribution in [2.45, 2.75) is 51.7 Å². The van der Waals surface area contributed by atoms with E-state index >= 15 is 0 Å². The number of hydrogen-bond acceptors (Lipinski definition) is 5. The normalized spacial score (nSPS) is 15.3. The smallest absolute Gasteiger partial charge is 0.314 e. The highest BCUT2D eigenvalue weighted by Crippen LogP contribution is 2.29. The molecule has 4 N–H and O–H groups in total. The molecule has 1 aliphatic rings. The SMILES string of the molecule is CCC(NC(=O)c1cnc2c(cnn2CC)c1NC1CCN(C(N)=O)CC1)c1ccc(F)cc1. The minimum Gasteiger partial charge on any atom is -0.381 e. The molecule has 3 heterocycles. The number of hydrogen-bond donors (Lipinski definition) is 3. The molecule has 0 spiro atoms. The number of nitrogens with two attached hydrogens (primary N) is 1. The highest BCUT2D eigenvalue weighted by atomic mass is 19.1. The number of pyridine rings is 1. The Hall–Kier alpha value is -3.69. The van der Waals surface area contributed by atoms with Crippen molar-refractivity contribution < 1.29 is 14.0 Å². The summed E-state index contributed by atoms with van der Waals surface area (Å²) in [4.78, 5) is 31.0. The van der Waals surface area contributed by atoms with Crippen molar-refractivity contribution in [1.82, 2.24) is 25.0 Å². The summed E-state index contributed by atoms with van der Waals surface area (Å²) in [5, 5.41) is 11.8. The summed E-state index contributed by atoms with van der Waals surface area (Å²) in [6.07, 6.45) is 5.37. The van der Waals surface area contributed by atoms with Gasteiger partial charge in [0.05, 0.1) is 28.9 Å². The van der Waals surface area contributed by atoms with E-state index < -0.39 is 6.03 Å². The summed E-state index contributed by atoms with van der Waals surface area (Å²) in [6, 6.07) is 5.53. The summed E-state index contributed by atoms with van der Waals surface area (Å²) in [7, 11) is 0. The number of halogens is 1. The molecule has 0 bridgehead atoms. The van der Waals surface area contributed by atoms with Gasteiger partial charge in [0.15, 0.2) is 5.65 Å². The molecule has 1 fully saturated rings. The van der Waals surface area contributed by atoms with Crippen molar-refractivity contribution >= 4 is 28.7 Å². The topological polar surface area (TPSA) is 118 Å². The van der Waals surface area contributed by atoms with Gasteiger partial charge in [-0.15, -0.1) is 0 Å². The second-order valence-electron chi connectivity index (χ2n) is 8.47. The van der Waals surface area contributed by atoms with Gasteiger partial charge in [0.25, 0.3) is 5.91 Å². The van der Waals surface area contributed by atoms with Crippen LogP contribution < -0.4 is 16.4 Å². The maximum atomic E-state index is 13.4. The van der Waals surface area contributed by atoms with E-state index in [1.165, 1.54) is 12.1 Å². The highest BCUT2D eigenvalue weighted by Gasteiger charge is 2.26. The number of primary amides is 1. The Balaban J connectivity index is 1.63. The number of nitrogens with zero attached hydrogens (tertiary/aromatic N) is 4. The first-order chi connectivity index (χ1) is 16.4. The molecule has 1 aromatic carbocycles. The second-order valence-corrected chi connectivity index (χ2v) is 8.47. The van der Waals surface area contributed by atoms with E-state index in [9.17, 15) is 14.0 Å². The molecule has 4 rings (SSSR count). The lowest BCUT2D eigenvalue weighted by molar-refractivity contribution is 0.0936. The molecular weight excluding hydrogens is 437 g/mol. The predicted octanol–water partition coefficient (Wildman–Crippen LogP) is 3.43. The largest absolute Gasteiger partial charge is 0.381 e. The van der Waals surface area contributed by atoms with Crippen LogP contribution in [-0.4, -0.2) is 50.7 Å². The maximum Gasteiger partial charge on any atom is 0.314 e. The summed E-state index contributed by atoms with van der Waals surface area (Å²) in [6.45, 7) is 5.71. The number of anilines is 1. The Morgan fingerprint density at radius 3 is 2.50 bits per heavy atom. The van der Waals surface area contributed by atoms with Crippen molar-refractivity contribution in [2.75, 3.05) is 18.4 Å². The fraction of sp³-hybridized carbons (Fsp3) is 0.417. The Kier molecular flexibility index (Phi) is 6.95. The monoisotopic (exact) mass is 467 g/mol. The van der Waals surface area contributed by atoms with Crippen LogP contribution in [0.15, 0.2) is 36.7 Å². The molecule has 0 saturated carbocycles. The Labute approximate surface area is 197 Å². The van der Waals surface area contributed by atoms with Gasteiger partial charge in [0.1, 0.15) is 5.82 Å². The molecule has 9 nitrogen and oxygen atoms in total. The van der Waals surface area contributed by atoms with E-state index in [1.54, 1.807) is 34.1 Å². The highest BCUT2D eigenvalue weighted by molar-refractivity contribution is 6.06. The van der Waals surface area contributed by atoms with E-state index in [2.05, 4.69) is 20.7 Å². The van der Waals surface area contributed by atoms with Crippen molar-refractivity contribution in [3.05, 3.63) is 53.6 Å². The molecule has 2 aromatic heterocycles. The van der Waals surface area contributed by atoms with Crippen LogP contribution in [0.2, 0.25) is 0 Å². The zero-order valence-corrected chi connectivity index (χ0v) is 19.4. The molecule has 1 aliphatic heterocycles. The summed E-state index contributed by atoms with van der Waals surface area (Å²) >= 11 is 0. The van der Waals surface area contributed by atoms with Crippen LogP contribution in [-0.2, 0) is 6.54 Å². The minimum absolute atomic E-state index is 0.0665. The number of fused-ring (bicyclic) bond motifs is 1. The van der Waals surface area contributed by atoms with Gasteiger partial charge >= 0.3 is 6.03 Å². The molecule has 10 heteroatoms. The average molecular weight is 468 g/mol. The number of aromatic nitrogens is 3. The molecule has 1 saturated heterocycles. The van der Waals surface area contributed by atoms with Gasteiger partial charge in [0.2, 0.25) is 0 Å². The lowest BCUT2D eigenvalue weighted by atomic mass is 10.0. The van der Waals surface area contributed by atoms with Crippen molar-refractivity contribution in [2.24, 2.45) is 5.73 Å². The second kappa shape index (κ2) is 10.1. The number of likely N-dealkylation sites (tertiary alicyclic amines) is 1. The molecule has 0 aliphatic carbocycles. The number of rotatable bonds is 7. The number of amides is 3. The molecule has 180 valence electrons. The first-order valence-electron chi connectivity index (χ1n) is 11.6. The van der Waals surface area contributed by atoms with E-state index in [-0.39, 0.29) is 23.8 Å². The Morgan fingerprint density at radius 1 is 1.18 bits per heavy atom. The van der Waals surface area contributed by atoms with Crippen LogP contribution in [0.3, 0.4) is 0 Å². The van der Waals surface area contributed by atoms with E-state index in [0.29, 0.717) is 55.8 Å². The fourth-order valence-electron chi connectivity index (χ4n) is 4.39. The van der Waals surface area contributed by atoms with Gasteiger partial charge < -0.3 is 21.3 Å². The predicted molar refractivity (Wildman–Crippen MR) is 128 cm³/mol. The molecular formula is C24H30FN7O2. The summed E-state index contributed by atoms with van der Waals surface area (Å²) < 4.78 is 15.1. The molecule has 1 unspecified atom stereocenters. The van der Waals surface area contributed by atoms with Crippen LogP contribution in [0.4, 0.5) is 14.9 Å². The molecule has 1 atom stereocenters. The van der Waals surface area contributed by atoms with E-state index in [1.807, 2.05) is 13.8 Å². The van der Waals surface area contributed by atoms with Gasteiger partial charge in [-0.05, 0) is 43.9 Å². The summed E-state index contributed by atoms with van der Waals surface area (Å²) in [5.74, 6) is -0.590. The number of carbonyl (C=O) groups is 2. The van der Waals surface area contributed by atoms with Gasteiger partial charge in [-0.1, -0.05) is 19.1 Å². The van der Waals surface area contributed by atoms with Crippen LogP contribution in [0, 0.1) is 5.82 Å². The first-order valence-corrected chi connectivity index (χ1v) is 11.6. The maximum absolute atomic E-state index is 13.4. The van der Waals surface area contributed by atoms with Crippen molar-refractivity contribution in [3.63, 3.8) is 0 Å². The van der Waals surface area contributed by atoms with Crippen molar-refractivity contribution in [3.8, 4) is 0 Å². The van der Waals surface area contributed by atoms with Crippen LogP contribution in [0.5, 0.6) is 0 Å². The zero-order chi connectivity index (χ0) is 24.2. The van der Waals surface area contributed by atoms with Crippen LogP contribution in [0.25, 0.3) is 11.0 Å². The standard InChI is InChI=1S/C24H30FN7O2/c1-3-20(15-5-7-16(25)8-6-15)30-23(33)19-13-27-22-18(14-28-32(22)4-2)21(19)29-17-9-11-31(12-10-17)24(26)34/h5-8,13-14,17,20H,3-4,9-12H2,1-2H3,(H2,26,34)(H,27,29)(H,30,33). The zero-order valence-electron chi connectivity index (χ0n) is 19.4.